The normalized spacial score (nSPS) is 15.2. The van der Waals surface area contributed by atoms with Gasteiger partial charge in [-0.1, -0.05) is 0 Å². The summed E-state index contributed by atoms with van der Waals surface area (Å²) in [6.45, 7) is 8.60. The number of hydrogen-bond acceptors (Lipinski definition) is 9. The van der Waals surface area contributed by atoms with Crippen LogP contribution < -0.4 is 49.8 Å². The third-order valence-corrected chi connectivity index (χ3v) is 6.61. The molecule has 14 heteroatoms. The van der Waals surface area contributed by atoms with Crippen LogP contribution in [0.3, 0.4) is 0 Å². The molecule has 11 nitrogen and oxygen atoms in total. The summed E-state index contributed by atoms with van der Waals surface area (Å²) in [5, 5.41) is 18.9. The van der Waals surface area contributed by atoms with Crippen LogP contribution in [0.2, 0.25) is 0 Å². The summed E-state index contributed by atoms with van der Waals surface area (Å²) in [6, 6.07) is 4.10. The number of morpholine rings is 1. The molecule has 0 spiro atoms. The molecular weight excluding hydrogens is 537 g/mol. The smallest absolute Gasteiger partial charge is 0.565 e. The third-order valence-electron chi connectivity index (χ3n) is 6.61. The van der Waals surface area contributed by atoms with E-state index in [1.165, 1.54) is 6.07 Å². The van der Waals surface area contributed by atoms with E-state index in [9.17, 15) is 9.18 Å². The summed E-state index contributed by atoms with van der Waals surface area (Å²) in [6.07, 6.45) is 1.40. The van der Waals surface area contributed by atoms with Crippen molar-refractivity contribution in [2.75, 3.05) is 67.6 Å². The van der Waals surface area contributed by atoms with Gasteiger partial charge in [0.2, 0.25) is 12.1 Å². The van der Waals surface area contributed by atoms with E-state index in [2.05, 4.69) is 25.1 Å². The van der Waals surface area contributed by atoms with Gasteiger partial charge in [0, 0.05) is 63.9 Å². The number of benzene rings is 1. The van der Waals surface area contributed by atoms with Gasteiger partial charge in [-0.2, -0.15) is 0 Å². The van der Waals surface area contributed by atoms with Crippen molar-refractivity contribution in [1.29, 1.82) is 0 Å². The Bertz CT molecular complexity index is 1360. The van der Waals surface area contributed by atoms with E-state index in [1.54, 1.807) is 24.2 Å². The molecule has 1 aromatic carbocycles. The number of pyridine rings is 2. The molecule has 3 aromatic rings. The summed E-state index contributed by atoms with van der Waals surface area (Å²) in [5.41, 5.74) is 3.15. The number of nitrogens with one attached hydrogen (secondary N) is 1. The number of hydrogen-bond donors (Lipinski definition) is 2. The van der Waals surface area contributed by atoms with Gasteiger partial charge in [0.25, 0.3) is 0 Å². The van der Waals surface area contributed by atoms with Crippen LogP contribution in [0.25, 0.3) is 10.9 Å². The fraction of sp³-hybridized carbons (Fsp3) is 0.385. The largest absolute Gasteiger partial charge is 1.00 e. The maximum Gasteiger partial charge on any atom is 1.00 e. The van der Waals surface area contributed by atoms with Gasteiger partial charge >= 0.3 is 29.6 Å². The fourth-order valence-electron chi connectivity index (χ4n) is 4.73. The van der Waals surface area contributed by atoms with E-state index in [4.69, 9.17) is 19.7 Å². The van der Waals surface area contributed by atoms with Crippen molar-refractivity contribution >= 4 is 45.8 Å². The Labute approximate surface area is 252 Å². The summed E-state index contributed by atoms with van der Waals surface area (Å²) in [5.74, 6) is -0.679. The van der Waals surface area contributed by atoms with Gasteiger partial charge in [-0.15, -0.1) is 0 Å². The summed E-state index contributed by atoms with van der Waals surface area (Å²) in [7, 11) is 0. The van der Waals surface area contributed by atoms with Crippen LogP contribution in [0.4, 0.5) is 36.5 Å². The van der Waals surface area contributed by atoms with Crippen molar-refractivity contribution in [2.45, 2.75) is 13.8 Å². The van der Waals surface area contributed by atoms with Gasteiger partial charge in [-0.3, -0.25) is 9.78 Å². The Balaban J connectivity index is 0.000000828. The van der Waals surface area contributed by atoms with E-state index in [-0.39, 0.29) is 46.4 Å². The van der Waals surface area contributed by atoms with Gasteiger partial charge in [0.1, 0.15) is 17.5 Å². The minimum absolute atomic E-state index is 0. The predicted octanol–water partition coefficient (Wildman–Crippen LogP) is -0.643. The van der Waals surface area contributed by atoms with Gasteiger partial charge in [-0.05, 0) is 13.0 Å². The molecule has 2 N–H and O–H groups in total. The summed E-state index contributed by atoms with van der Waals surface area (Å²) < 4.78 is 34.6. The first-order valence-corrected chi connectivity index (χ1v) is 12.4. The molecule has 2 saturated heterocycles. The molecule has 0 radical (unpaired) electrons. The fourth-order valence-corrected chi connectivity index (χ4v) is 4.73. The van der Waals surface area contributed by atoms with Crippen LogP contribution in [0.5, 0.6) is 0 Å². The minimum Gasteiger partial charge on any atom is -0.565 e. The number of fused-ring (bicyclic) bond motifs is 1. The van der Waals surface area contributed by atoms with Crippen molar-refractivity contribution < 1.29 is 62.9 Å². The topological polar surface area (TPSA) is 134 Å². The molecule has 0 bridgehead atoms. The average molecular weight is 567 g/mol. The number of carboxylic acid groups (broad SMARTS) is 2. The average Bonchev–Trinajstić information content (AvgIpc) is 2.90. The van der Waals surface area contributed by atoms with E-state index in [0.717, 1.165) is 30.4 Å². The molecule has 5 rings (SSSR count). The van der Waals surface area contributed by atoms with Crippen LogP contribution in [0.15, 0.2) is 30.6 Å². The van der Waals surface area contributed by atoms with Gasteiger partial charge in [-0.25, -0.2) is 13.8 Å². The van der Waals surface area contributed by atoms with Crippen LogP contribution >= 0.6 is 0 Å². The van der Waals surface area contributed by atoms with Crippen molar-refractivity contribution in [2.24, 2.45) is 0 Å². The monoisotopic (exact) mass is 566 g/mol. The Morgan fingerprint density at radius 1 is 1.02 bits per heavy atom. The van der Waals surface area contributed by atoms with Gasteiger partial charge in [0.15, 0.2) is 0 Å². The van der Waals surface area contributed by atoms with Crippen LogP contribution in [0, 0.1) is 18.6 Å². The van der Waals surface area contributed by atoms with Crippen molar-refractivity contribution in [3.63, 3.8) is 0 Å². The minimum atomic E-state index is -2.08. The maximum absolute atomic E-state index is 15.1. The number of carbonyl (C=O) groups excluding carboxylic acids is 1. The standard InChI is InChI=1S/C25H28F2N6O2.CH2O3.Na/c1-16-24(29-19-13-20(15-28-14-19)32-7-9-35-10-8-32)23-21(27)11-18(26)12-22(23)30-25(16)33-5-3-31(4-6-33)17(2)34;2-1(3)4;/h11-15H,3-10H2,1-2H3,(H,29,30);(H2,2,3,4);/q;;+1/p-1. The molecule has 40 heavy (non-hydrogen) atoms. The first kappa shape index (κ1) is 31.3. The second-order valence-corrected chi connectivity index (χ2v) is 9.13. The number of aromatic nitrogens is 2. The van der Waals surface area contributed by atoms with E-state index >= 15 is 4.39 Å². The summed E-state index contributed by atoms with van der Waals surface area (Å²) >= 11 is 0. The Morgan fingerprint density at radius 2 is 1.68 bits per heavy atom. The zero-order valence-electron chi connectivity index (χ0n) is 22.6. The van der Waals surface area contributed by atoms with Crippen LogP contribution in [-0.4, -0.2) is 84.5 Å². The van der Waals surface area contributed by atoms with E-state index in [0.29, 0.717) is 56.6 Å². The Kier molecular flexibility index (Phi) is 10.9. The number of ether oxygens (including phenoxy) is 1. The third kappa shape index (κ3) is 7.47. The molecule has 0 unspecified atom stereocenters. The molecule has 0 atom stereocenters. The van der Waals surface area contributed by atoms with E-state index in [1.807, 2.05) is 13.0 Å². The van der Waals surface area contributed by atoms with Crippen LogP contribution in [-0.2, 0) is 9.53 Å². The quantitative estimate of drug-likeness (QED) is 0.393. The predicted molar refractivity (Wildman–Crippen MR) is 139 cm³/mol. The number of halogens is 2. The molecule has 0 aliphatic carbocycles. The first-order valence-electron chi connectivity index (χ1n) is 12.4. The van der Waals surface area contributed by atoms with Crippen molar-refractivity contribution in [1.82, 2.24) is 14.9 Å². The molecule has 0 saturated carbocycles. The number of piperazine rings is 1. The van der Waals surface area contributed by atoms with Gasteiger partial charge < -0.3 is 39.8 Å². The zero-order valence-corrected chi connectivity index (χ0v) is 24.6. The molecule has 2 aromatic heterocycles. The Morgan fingerprint density at radius 3 is 2.30 bits per heavy atom. The second kappa shape index (κ2) is 13.9. The molecule has 2 aliphatic rings. The molecular formula is C26H29F2N6NaO5. The van der Waals surface area contributed by atoms with Crippen molar-refractivity contribution in [3.05, 3.63) is 47.8 Å². The van der Waals surface area contributed by atoms with E-state index < -0.39 is 17.8 Å². The maximum atomic E-state index is 15.1. The van der Waals surface area contributed by atoms with Crippen LogP contribution in [0.1, 0.15) is 12.5 Å². The zero-order chi connectivity index (χ0) is 28.1. The number of nitrogens with zero attached hydrogens (tertiary/aromatic N) is 5. The molecule has 2 fully saturated rings. The van der Waals surface area contributed by atoms with Gasteiger partial charge in [0.05, 0.1) is 53.6 Å². The molecule has 1 amide bonds. The molecule has 4 heterocycles. The molecule has 208 valence electrons. The number of anilines is 4. The van der Waals surface area contributed by atoms with Crippen molar-refractivity contribution in [3.8, 4) is 0 Å². The number of carbonyl (C=O) groups is 2. The summed E-state index contributed by atoms with van der Waals surface area (Å²) in [4.78, 5) is 35.2. The first-order chi connectivity index (χ1) is 18.6. The SMILES string of the molecule is CC(=O)N1CCN(c2nc3cc(F)cc(F)c3c(Nc3cncc(N4CCOCC4)c3)c2C)CC1.O=C([O-])O.[Na+]. The second-order valence-electron chi connectivity index (χ2n) is 9.13. The number of amides is 1. The number of rotatable bonds is 4. The Hall–Kier alpha value is -3.26. The molecule has 2 aliphatic heterocycles.